The van der Waals surface area contributed by atoms with Gasteiger partial charge in [-0.3, -0.25) is 4.79 Å². The predicted molar refractivity (Wildman–Crippen MR) is 90.9 cm³/mol. The van der Waals surface area contributed by atoms with Crippen LogP contribution in [-0.2, 0) is 4.79 Å². The maximum Gasteiger partial charge on any atom is 0.221 e. The number of carbonyl (C=O) groups is 1. The fourth-order valence-electron chi connectivity index (χ4n) is 2.09. The quantitative estimate of drug-likeness (QED) is 0.528. The van der Waals surface area contributed by atoms with Gasteiger partial charge in [-0.15, -0.1) is 0 Å². The highest BCUT2D eigenvalue weighted by atomic mass is 19.2. The van der Waals surface area contributed by atoms with E-state index in [0.717, 1.165) is 17.9 Å². The van der Waals surface area contributed by atoms with Gasteiger partial charge >= 0.3 is 0 Å². The summed E-state index contributed by atoms with van der Waals surface area (Å²) in [5, 5.41) is 5.19. The fraction of sp³-hybridized carbons (Fsp3) is 0.278. The molecule has 140 valence electrons. The molecule has 0 aromatic heterocycles. The molecule has 2 N–H and O–H groups in total. The molecule has 2 aromatic rings. The largest absolute Gasteiger partial charge is 0.497 e. The van der Waals surface area contributed by atoms with Crippen molar-refractivity contribution in [3.63, 3.8) is 0 Å². The average Bonchev–Trinajstić information content (AvgIpc) is 2.65. The Labute approximate surface area is 149 Å². The smallest absolute Gasteiger partial charge is 0.221 e. The molecule has 0 saturated carbocycles. The van der Waals surface area contributed by atoms with E-state index in [4.69, 9.17) is 9.47 Å². The van der Waals surface area contributed by atoms with Gasteiger partial charge in [-0.25, -0.2) is 13.2 Å². The van der Waals surface area contributed by atoms with Gasteiger partial charge in [0.25, 0.3) is 0 Å². The van der Waals surface area contributed by atoms with Gasteiger partial charge in [0.15, 0.2) is 17.5 Å². The lowest BCUT2D eigenvalue weighted by Crippen LogP contribution is -2.29. The zero-order chi connectivity index (χ0) is 18.9. The second-order valence-electron chi connectivity index (χ2n) is 5.27. The van der Waals surface area contributed by atoms with E-state index in [1.807, 2.05) is 0 Å². The number of methoxy groups -OCH3 is 1. The van der Waals surface area contributed by atoms with Crippen LogP contribution in [0.3, 0.4) is 0 Å². The van der Waals surface area contributed by atoms with Crippen LogP contribution in [0.5, 0.6) is 11.5 Å². The van der Waals surface area contributed by atoms with Crippen molar-refractivity contribution < 1.29 is 27.4 Å². The van der Waals surface area contributed by atoms with E-state index in [1.54, 1.807) is 31.4 Å². The summed E-state index contributed by atoms with van der Waals surface area (Å²) in [6.07, 6.45) is 0.0426. The van der Waals surface area contributed by atoms with Gasteiger partial charge in [-0.1, -0.05) is 0 Å². The van der Waals surface area contributed by atoms with Gasteiger partial charge in [0.2, 0.25) is 5.91 Å². The second-order valence-corrected chi connectivity index (χ2v) is 5.27. The Morgan fingerprint density at radius 1 is 0.962 bits per heavy atom. The summed E-state index contributed by atoms with van der Waals surface area (Å²) in [5.41, 5.74) is -0.195. The van der Waals surface area contributed by atoms with Gasteiger partial charge in [0.05, 0.1) is 19.3 Å². The summed E-state index contributed by atoms with van der Waals surface area (Å²) in [5.74, 6) is -3.03. The first-order valence-corrected chi connectivity index (χ1v) is 7.92. The molecule has 0 aliphatic heterocycles. The molecule has 0 radical (unpaired) electrons. The zero-order valence-corrected chi connectivity index (χ0v) is 14.2. The van der Waals surface area contributed by atoms with E-state index < -0.39 is 17.5 Å². The molecule has 0 heterocycles. The molecule has 0 spiro atoms. The number of hydrogen-bond acceptors (Lipinski definition) is 4. The topological polar surface area (TPSA) is 59.6 Å². The number of rotatable bonds is 9. The van der Waals surface area contributed by atoms with Crippen LogP contribution in [-0.4, -0.2) is 32.7 Å². The first kappa shape index (κ1) is 19.4. The van der Waals surface area contributed by atoms with Crippen molar-refractivity contribution in [3.8, 4) is 11.5 Å². The molecular weight excluding hydrogens is 349 g/mol. The molecule has 0 aliphatic carbocycles. The Morgan fingerprint density at radius 2 is 1.65 bits per heavy atom. The van der Waals surface area contributed by atoms with Gasteiger partial charge in [-0.05, 0) is 36.4 Å². The SMILES string of the molecule is COc1ccc(OCCNC(=O)CCNc2ccc(F)c(F)c2F)cc1. The van der Waals surface area contributed by atoms with Crippen LogP contribution in [0.15, 0.2) is 36.4 Å². The van der Waals surface area contributed by atoms with Crippen LogP contribution in [0.2, 0.25) is 0 Å². The van der Waals surface area contributed by atoms with Crippen LogP contribution in [0.1, 0.15) is 6.42 Å². The molecule has 8 heteroatoms. The molecule has 26 heavy (non-hydrogen) atoms. The minimum atomic E-state index is -1.55. The number of halogens is 3. The molecule has 0 aliphatic rings. The van der Waals surface area contributed by atoms with Crippen molar-refractivity contribution in [2.75, 3.05) is 32.1 Å². The Kier molecular flexibility index (Phi) is 7.13. The Morgan fingerprint density at radius 3 is 2.35 bits per heavy atom. The third-order valence-electron chi connectivity index (χ3n) is 3.46. The van der Waals surface area contributed by atoms with Crippen molar-refractivity contribution >= 4 is 11.6 Å². The van der Waals surface area contributed by atoms with Gasteiger partial charge in [-0.2, -0.15) is 0 Å². The zero-order valence-electron chi connectivity index (χ0n) is 14.2. The monoisotopic (exact) mass is 368 g/mol. The molecule has 1 amide bonds. The Hall–Kier alpha value is -2.90. The first-order chi connectivity index (χ1) is 12.5. The van der Waals surface area contributed by atoms with Gasteiger partial charge in [0.1, 0.15) is 18.1 Å². The summed E-state index contributed by atoms with van der Waals surface area (Å²) >= 11 is 0. The summed E-state index contributed by atoms with van der Waals surface area (Å²) in [6, 6.07) is 8.92. The lowest BCUT2D eigenvalue weighted by atomic mass is 10.2. The number of hydrogen-bond donors (Lipinski definition) is 2. The molecule has 0 bridgehead atoms. The van der Waals surface area contributed by atoms with E-state index in [0.29, 0.717) is 12.3 Å². The van der Waals surface area contributed by atoms with Gasteiger partial charge in [0, 0.05) is 13.0 Å². The molecule has 0 fully saturated rings. The minimum Gasteiger partial charge on any atom is -0.497 e. The number of amides is 1. The van der Waals surface area contributed by atoms with Crippen LogP contribution in [0.4, 0.5) is 18.9 Å². The lowest BCUT2D eigenvalue weighted by Gasteiger charge is -2.10. The molecule has 0 saturated heterocycles. The Balaban J connectivity index is 1.64. The van der Waals surface area contributed by atoms with Crippen LogP contribution in [0, 0.1) is 17.5 Å². The van der Waals surface area contributed by atoms with Crippen molar-refractivity contribution in [1.82, 2.24) is 5.32 Å². The summed E-state index contributed by atoms with van der Waals surface area (Å²) in [4.78, 5) is 11.7. The van der Waals surface area contributed by atoms with Crippen molar-refractivity contribution in [2.24, 2.45) is 0 Å². The second kappa shape index (κ2) is 9.55. The summed E-state index contributed by atoms with van der Waals surface area (Å²) < 4.78 is 49.8. The molecular formula is C18H19F3N2O3. The minimum absolute atomic E-state index is 0.0426. The van der Waals surface area contributed by atoms with E-state index in [-0.39, 0.29) is 31.2 Å². The first-order valence-electron chi connectivity index (χ1n) is 7.92. The fourth-order valence-corrected chi connectivity index (χ4v) is 2.09. The van der Waals surface area contributed by atoms with E-state index in [1.165, 1.54) is 0 Å². The van der Waals surface area contributed by atoms with Crippen molar-refractivity contribution in [1.29, 1.82) is 0 Å². The highest BCUT2D eigenvalue weighted by Gasteiger charge is 2.13. The third kappa shape index (κ3) is 5.58. The van der Waals surface area contributed by atoms with Crippen LogP contribution >= 0.6 is 0 Å². The molecule has 2 aromatic carbocycles. The number of carbonyl (C=O) groups excluding carboxylic acids is 1. The van der Waals surface area contributed by atoms with E-state index >= 15 is 0 Å². The summed E-state index contributed by atoms with van der Waals surface area (Å²) in [6.45, 7) is 0.654. The number of ether oxygens (including phenoxy) is 2. The molecule has 0 unspecified atom stereocenters. The maximum atomic E-state index is 13.4. The van der Waals surface area contributed by atoms with Gasteiger partial charge < -0.3 is 20.1 Å². The number of nitrogens with one attached hydrogen (secondary N) is 2. The van der Waals surface area contributed by atoms with E-state index in [2.05, 4.69) is 10.6 Å². The molecule has 2 rings (SSSR count). The standard InChI is InChI=1S/C18H19F3N2O3/c1-25-12-2-4-13(5-3-12)26-11-10-23-16(24)8-9-22-15-7-6-14(19)17(20)18(15)21/h2-7,22H,8-11H2,1H3,(H,23,24). The normalized spacial score (nSPS) is 10.3. The van der Waals surface area contributed by atoms with Crippen LogP contribution < -0.4 is 20.1 Å². The predicted octanol–water partition coefficient (Wildman–Crippen LogP) is 3.11. The lowest BCUT2D eigenvalue weighted by molar-refractivity contribution is -0.120. The molecule has 0 atom stereocenters. The third-order valence-corrected chi connectivity index (χ3v) is 3.46. The van der Waals surface area contributed by atoms with E-state index in [9.17, 15) is 18.0 Å². The maximum absolute atomic E-state index is 13.4. The van der Waals surface area contributed by atoms with Crippen LogP contribution in [0.25, 0.3) is 0 Å². The number of anilines is 1. The average molecular weight is 368 g/mol. The highest BCUT2D eigenvalue weighted by Crippen LogP contribution is 2.19. The summed E-state index contributed by atoms with van der Waals surface area (Å²) in [7, 11) is 1.57. The highest BCUT2D eigenvalue weighted by molar-refractivity contribution is 5.76. The number of benzene rings is 2. The molecule has 5 nitrogen and oxygen atoms in total. The Bertz CT molecular complexity index is 739. The van der Waals surface area contributed by atoms with Crippen molar-refractivity contribution in [2.45, 2.75) is 6.42 Å². The van der Waals surface area contributed by atoms with Crippen molar-refractivity contribution in [3.05, 3.63) is 53.8 Å².